The van der Waals surface area contributed by atoms with Crippen LogP contribution >= 0.6 is 0 Å². The molecule has 1 aliphatic rings. The monoisotopic (exact) mass is 270 g/mol. The topological polar surface area (TPSA) is 92.9 Å². The fourth-order valence-electron chi connectivity index (χ4n) is 1.88. The van der Waals surface area contributed by atoms with E-state index in [0.29, 0.717) is 6.54 Å². The van der Waals surface area contributed by atoms with Gasteiger partial charge in [0.05, 0.1) is 24.1 Å². The molecule has 0 spiro atoms. The van der Waals surface area contributed by atoms with E-state index in [4.69, 9.17) is 9.84 Å². The highest BCUT2D eigenvalue weighted by atomic mass is 19.1. The molecule has 2 rings (SSSR count). The molecule has 1 aromatic carbocycles. The van der Waals surface area contributed by atoms with Gasteiger partial charge in [0.1, 0.15) is 5.82 Å². The van der Waals surface area contributed by atoms with Crippen molar-refractivity contribution in [2.45, 2.75) is 6.10 Å². The van der Waals surface area contributed by atoms with Crippen molar-refractivity contribution >= 4 is 17.3 Å². The number of carboxylic acids is 1. The van der Waals surface area contributed by atoms with E-state index >= 15 is 0 Å². The lowest BCUT2D eigenvalue weighted by Crippen LogP contribution is -2.46. The second-order valence-electron chi connectivity index (χ2n) is 4.07. The van der Waals surface area contributed by atoms with Gasteiger partial charge in [-0.1, -0.05) is 0 Å². The first-order valence-corrected chi connectivity index (χ1v) is 5.51. The Labute approximate surface area is 107 Å². The molecule has 1 aromatic rings. The van der Waals surface area contributed by atoms with Crippen molar-refractivity contribution in [2.24, 2.45) is 0 Å². The quantitative estimate of drug-likeness (QED) is 0.651. The number of carbonyl (C=O) groups is 1. The van der Waals surface area contributed by atoms with E-state index in [-0.39, 0.29) is 24.5 Å². The summed E-state index contributed by atoms with van der Waals surface area (Å²) in [5.41, 5.74) is -0.0883. The highest BCUT2D eigenvalue weighted by molar-refractivity contribution is 5.73. The van der Waals surface area contributed by atoms with E-state index in [2.05, 4.69) is 0 Å². The highest BCUT2D eigenvalue weighted by Crippen LogP contribution is 2.25. The van der Waals surface area contributed by atoms with Gasteiger partial charge in [-0.2, -0.15) is 0 Å². The minimum atomic E-state index is -1.12. The maximum atomic E-state index is 13.3. The van der Waals surface area contributed by atoms with E-state index in [0.717, 1.165) is 12.1 Å². The number of anilines is 1. The zero-order valence-corrected chi connectivity index (χ0v) is 9.78. The summed E-state index contributed by atoms with van der Waals surface area (Å²) in [6.45, 7) is 0.543. The molecule has 0 radical (unpaired) electrons. The van der Waals surface area contributed by atoms with Gasteiger partial charge in [-0.05, 0) is 6.07 Å². The summed E-state index contributed by atoms with van der Waals surface area (Å²) in [5.74, 6) is -1.85. The number of carboxylic acid groups (broad SMARTS) is 1. The maximum Gasteiger partial charge on any atom is 0.334 e. The van der Waals surface area contributed by atoms with E-state index in [9.17, 15) is 19.3 Å². The van der Waals surface area contributed by atoms with Crippen molar-refractivity contribution in [1.29, 1.82) is 0 Å². The predicted octanol–water partition coefficient (Wildman–Crippen LogP) is 1.02. The smallest absolute Gasteiger partial charge is 0.334 e. The molecule has 102 valence electrons. The molecule has 1 N–H and O–H groups in total. The van der Waals surface area contributed by atoms with Gasteiger partial charge in [-0.3, -0.25) is 10.1 Å². The second kappa shape index (κ2) is 5.19. The van der Waals surface area contributed by atoms with E-state index in [1.165, 1.54) is 6.07 Å². The summed E-state index contributed by atoms with van der Waals surface area (Å²) in [6.07, 6.45) is -1.02. The van der Waals surface area contributed by atoms with Crippen LogP contribution in [-0.4, -0.2) is 41.8 Å². The molecular formula is C11H11FN2O5. The Hall–Kier alpha value is -2.22. The van der Waals surface area contributed by atoms with Gasteiger partial charge >= 0.3 is 5.97 Å². The number of morpholine rings is 1. The number of aliphatic carboxylic acids is 1. The van der Waals surface area contributed by atoms with E-state index < -0.39 is 22.8 Å². The molecule has 8 heteroatoms. The predicted molar refractivity (Wildman–Crippen MR) is 62.6 cm³/mol. The Kier molecular flexibility index (Phi) is 3.61. The fourth-order valence-corrected chi connectivity index (χ4v) is 1.88. The number of hydrogen-bond donors (Lipinski definition) is 1. The van der Waals surface area contributed by atoms with Crippen LogP contribution in [-0.2, 0) is 9.53 Å². The number of nitro groups is 1. The molecule has 0 bridgehead atoms. The van der Waals surface area contributed by atoms with Crippen molar-refractivity contribution in [3.8, 4) is 0 Å². The lowest BCUT2D eigenvalue weighted by atomic mass is 10.2. The standard InChI is InChI=1S/C11H11FN2O5/c12-7-3-8(5-9(4-7)14(17)18)13-1-2-19-10(6-13)11(15)16/h3-5,10H,1-2,6H2,(H,15,16). The first-order chi connectivity index (χ1) is 8.97. The first kappa shape index (κ1) is 13.2. The molecule has 1 saturated heterocycles. The highest BCUT2D eigenvalue weighted by Gasteiger charge is 2.27. The zero-order valence-electron chi connectivity index (χ0n) is 9.78. The molecular weight excluding hydrogens is 259 g/mol. The van der Waals surface area contributed by atoms with Crippen LogP contribution in [0.25, 0.3) is 0 Å². The minimum Gasteiger partial charge on any atom is -0.479 e. The van der Waals surface area contributed by atoms with Crippen molar-refractivity contribution in [3.63, 3.8) is 0 Å². The molecule has 0 amide bonds. The number of nitrogens with zero attached hydrogens (tertiary/aromatic N) is 2. The van der Waals surface area contributed by atoms with E-state index in [1.807, 2.05) is 0 Å². The lowest BCUT2D eigenvalue weighted by molar-refractivity contribution is -0.385. The Morgan fingerprint density at radius 3 is 2.89 bits per heavy atom. The Balaban J connectivity index is 2.26. The maximum absolute atomic E-state index is 13.3. The van der Waals surface area contributed by atoms with Gasteiger partial charge in [0.25, 0.3) is 5.69 Å². The summed E-state index contributed by atoms with van der Waals surface area (Å²) in [7, 11) is 0. The van der Waals surface area contributed by atoms with Gasteiger partial charge < -0.3 is 14.7 Å². The summed E-state index contributed by atoms with van der Waals surface area (Å²) >= 11 is 0. The van der Waals surface area contributed by atoms with Crippen LogP contribution in [0, 0.1) is 15.9 Å². The number of non-ortho nitro benzene ring substituents is 1. The fraction of sp³-hybridized carbons (Fsp3) is 0.364. The van der Waals surface area contributed by atoms with Crippen LogP contribution in [0.15, 0.2) is 18.2 Å². The molecule has 1 aliphatic heterocycles. The number of hydrogen-bond acceptors (Lipinski definition) is 5. The van der Waals surface area contributed by atoms with Crippen molar-refractivity contribution in [2.75, 3.05) is 24.6 Å². The SMILES string of the molecule is O=C(O)C1CN(c2cc(F)cc([N+](=O)[O-])c2)CCO1. The number of rotatable bonds is 3. The van der Waals surface area contributed by atoms with E-state index in [1.54, 1.807) is 4.90 Å². The Morgan fingerprint density at radius 2 is 2.26 bits per heavy atom. The number of ether oxygens (including phenoxy) is 1. The molecule has 1 fully saturated rings. The van der Waals surface area contributed by atoms with Gasteiger partial charge in [-0.25, -0.2) is 9.18 Å². The van der Waals surface area contributed by atoms with Crippen LogP contribution in [0.5, 0.6) is 0 Å². The Bertz CT molecular complexity index is 522. The zero-order chi connectivity index (χ0) is 14.0. The average molecular weight is 270 g/mol. The average Bonchev–Trinajstić information content (AvgIpc) is 2.38. The van der Waals surface area contributed by atoms with Gasteiger partial charge in [0, 0.05) is 18.3 Å². The Morgan fingerprint density at radius 1 is 1.53 bits per heavy atom. The largest absolute Gasteiger partial charge is 0.479 e. The number of nitro benzene ring substituents is 1. The molecule has 19 heavy (non-hydrogen) atoms. The van der Waals surface area contributed by atoms with Crippen LogP contribution < -0.4 is 4.90 Å². The van der Waals surface area contributed by atoms with Crippen LogP contribution in [0.3, 0.4) is 0 Å². The first-order valence-electron chi connectivity index (χ1n) is 5.51. The van der Waals surface area contributed by atoms with Crippen molar-refractivity contribution in [3.05, 3.63) is 34.1 Å². The minimum absolute atomic E-state index is 0.0238. The van der Waals surface area contributed by atoms with Crippen LogP contribution in [0.4, 0.5) is 15.8 Å². The lowest BCUT2D eigenvalue weighted by Gasteiger charge is -2.32. The third-order valence-corrected chi connectivity index (χ3v) is 2.79. The summed E-state index contributed by atoms with van der Waals surface area (Å²) in [6, 6.07) is 3.17. The van der Waals surface area contributed by atoms with Gasteiger partial charge in [-0.15, -0.1) is 0 Å². The number of benzene rings is 1. The second-order valence-corrected chi connectivity index (χ2v) is 4.07. The molecule has 1 heterocycles. The molecule has 0 saturated carbocycles. The van der Waals surface area contributed by atoms with Gasteiger partial charge in [0.15, 0.2) is 6.10 Å². The van der Waals surface area contributed by atoms with Crippen molar-refractivity contribution in [1.82, 2.24) is 0 Å². The normalized spacial score (nSPS) is 19.2. The molecule has 0 aromatic heterocycles. The van der Waals surface area contributed by atoms with Crippen molar-refractivity contribution < 1.29 is 24.0 Å². The molecule has 1 atom stereocenters. The molecule has 0 aliphatic carbocycles. The summed E-state index contributed by atoms with van der Waals surface area (Å²) in [4.78, 5) is 22.4. The van der Waals surface area contributed by atoms with Crippen LogP contribution in [0.2, 0.25) is 0 Å². The third-order valence-electron chi connectivity index (χ3n) is 2.79. The number of halogens is 1. The summed E-state index contributed by atoms with van der Waals surface area (Å²) < 4.78 is 18.4. The molecule has 7 nitrogen and oxygen atoms in total. The summed E-state index contributed by atoms with van der Waals surface area (Å²) in [5, 5.41) is 19.5. The van der Waals surface area contributed by atoms with Gasteiger partial charge in [0.2, 0.25) is 0 Å². The molecule has 1 unspecified atom stereocenters. The van der Waals surface area contributed by atoms with Crippen LogP contribution in [0.1, 0.15) is 0 Å². The third kappa shape index (κ3) is 2.97.